The minimum atomic E-state index is 0.146. The highest BCUT2D eigenvalue weighted by Gasteiger charge is 2.20. The number of hydrogen-bond acceptors (Lipinski definition) is 3. The van der Waals surface area contributed by atoms with Crippen LogP contribution in [0.25, 0.3) is 0 Å². The van der Waals surface area contributed by atoms with Gasteiger partial charge in [0.25, 0.3) is 0 Å². The Labute approximate surface area is 114 Å². The molecule has 1 N–H and O–H groups in total. The second kappa shape index (κ2) is 7.14. The van der Waals surface area contributed by atoms with E-state index >= 15 is 0 Å². The van der Waals surface area contributed by atoms with Crippen molar-refractivity contribution in [1.29, 1.82) is 0 Å². The largest absolute Gasteiger partial charge is 0.383 e. The number of carbonyl (C=O) groups excluding carboxylic acids is 1. The third-order valence-electron chi connectivity index (χ3n) is 3.18. The fourth-order valence-electron chi connectivity index (χ4n) is 2.24. The molecule has 0 unspecified atom stereocenters. The molecule has 104 valence electrons. The molecule has 0 saturated carbocycles. The lowest BCUT2D eigenvalue weighted by atomic mass is 10.2. The van der Waals surface area contributed by atoms with E-state index in [4.69, 9.17) is 4.74 Å². The number of carbonyl (C=O) groups is 1. The van der Waals surface area contributed by atoms with Gasteiger partial charge in [-0.05, 0) is 25.0 Å². The Morgan fingerprint density at radius 1 is 1.37 bits per heavy atom. The molecule has 1 heterocycles. The molecule has 1 aliphatic rings. The summed E-state index contributed by atoms with van der Waals surface area (Å²) in [6.45, 7) is 4.99. The Kier molecular flexibility index (Phi) is 5.21. The number of rotatable bonds is 5. The number of anilines is 2. The highest BCUT2D eigenvalue weighted by Crippen LogP contribution is 2.28. The van der Waals surface area contributed by atoms with Gasteiger partial charge in [-0.3, -0.25) is 4.79 Å². The predicted molar refractivity (Wildman–Crippen MR) is 77.6 cm³/mol. The molecule has 0 radical (unpaired) electrons. The lowest BCUT2D eigenvalue weighted by molar-refractivity contribution is -0.119. The van der Waals surface area contributed by atoms with Crippen LogP contribution in [0.4, 0.5) is 11.4 Å². The zero-order chi connectivity index (χ0) is 13.5. The molecule has 0 atom stereocenters. The highest BCUT2D eigenvalue weighted by atomic mass is 16.5. The van der Waals surface area contributed by atoms with Crippen molar-refractivity contribution >= 4 is 17.3 Å². The Morgan fingerprint density at radius 3 is 3.05 bits per heavy atom. The van der Waals surface area contributed by atoms with E-state index in [9.17, 15) is 4.79 Å². The molecule has 1 aromatic rings. The van der Waals surface area contributed by atoms with Crippen LogP contribution < -0.4 is 10.2 Å². The van der Waals surface area contributed by atoms with Gasteiger partial charge in [-0.25, -0.2) is 0 Å². The van der Waals surface area contributed by atoms with E-state index in [1.54, 1.807) is 0 Å². The maximum absolute atomic E-state index is 12.3. The topological polar surface area (TPSA) is 41.6 Å². The molecule has 19 heavy (non-hydrogen) atoms. The van der Waals surface area contributed by atoms with Gasteiger partial charge in [-0.1, -0.05) is 19.1 Å². The van der Waals surface area contributed by atoms with Gasteiger partial charge in [0.15, 0.2) is 0 Å². The summed E-state index contributed by atoms with van der Waals surface area (Å²) in [4.78, 5) is 14.2. The van der Waals surface area contributed by atoms with Gasteiger partial charge in [0.05, 0.1) is 24.4 Å². The number of ether oxygens (including phenoxy) is 1. The monoisotopic (exact) mass is 262 g/mol. The first-order valence-electron chi connectivity index (χ1n) is 7.04. The van der Waals surface area contributed by atoms with Crippen LogP contribution in [0.5, 0.6) is 0 Å². The molecule has 1 aromatic carbocycles. The maximum Gasteiger partial charge on any atom is 0.229 e. The minimum Gasteiger partial charge on any atom is -0.383 e. The van der Waals surface area contributed by atoms with E-state index < -0.39 is 0 Å². The summed E-state index contributed by atoms with van der Waals surface area (Å²) in [5.41, 5.74) is 2.03. The molecule has 1 aliphatic heterocycles. The van der Waals surface area contributed by atoms with Gasteiger partial charge in [-0.2, -0.15) is 0 Å². The van der Waals surface area contributed by atoms with Gasteiger partial charge in [-0.15, -0.1) is 0 Å². The standard InChI is InChI=1S/C15H22N2O2/c1-2-11-19-12-8-15(18)17-10-5-9-16-13-6-3-4-7-14(13)17/h3-4,6-7,16H,2,5,8-12H2,1H3. The predicted octanol–water partition coefficient (Wildman–Crippen LogP) is 2.65. The van der Waals surface area contributed by atoms with Crippen LogP contribution in [0.2, 0.25) is 0 Å². The first-order valence-corrected chi connectivity index (χ1v) is 7.04. The Hall–Kier alpha value is -1.55. The molecule has 0 aliphatic carbocycles. The summed E-state index contributed by atoms with van der Waals surface area (Å²) in [5, 5.41) is 3.36. The second-order valence-corrected chi connectivity index (χ2v) is 4.71. The summed E-state index contributed by atoms with van der Waals surface area (Å²) in [7, 11) is 0. The number of para-hydroxylation sites is 2. The Balaban J connectivity index is 2.00. The lowest BCUT2D eigenvalue weighted by Gasteiger charge is -2.22. The van der Waals surface area contributed by atoms with Crippen molar-refractivity contribution in [3.05, 3.63) is 24.3 Å². The second-order valence-electron chi connectivity index (χ2n) is 4.71. The zero-order valence-corrected chi connectivity index (χ0v) is 11.5. The molecule has 1 amide bonds. The van der Waals surface area contributed by atoms with Crippen molar-refractivity contribution in [2.75, 3.05) is 36.5 Å². The van der Waals surface area contributed by atoms with Gasteiger partial charge >= 0.3 is 0 Å². The van der Waals surface area contributed by atoms with E-state index in [1.165, 1.54) is 0 Å². The van der Waals surface area contributed by atoms with Crippen LogP contribution in [0.1, 0.15) is 26.2 Å². The molecule has 2 rings (SSSR count). The number of amides is 1. The molecule has 0 bridgehead atoms. The van der Waals surface area contributed by atoms with Crippen molar-refractivity contribution in [1.82, 2.24) is 0 Å². The molecule has 0 spiro atoms. The van der Waals surface area contributed by atoms with Gasteiger partial charge in [0.1, 0.15) is 0 Å². The molecule has 4 nitrogen and oxygen atoms in total. The summed E-state index contributed by atoms with van der Waals surface area (Å²) < 4.78 is 5.40. The minimum absolute atomic E-state index is 0.146. The van der Waals surface area contributed by atoms with Crippen LogP contribution in [-0.4, -0.2) is 32.2 Å². The van der Waals surface area contributed by atoms with E-state index in [0.29, 0.717) is 13.0 Å². The van der Waals surface area contributed by atoms with Gasteiger partial charge < -0.3 is 15.0 Å². The third kappa shape index (κ3) is 3.70. The number of hydrogen-bond donors (Lipinski definition) is 1. The number of nitrogens with zero attached hydrogens (tertiary/aromatic N) is 1. The normalized spacial score (nSPS) is 14.5. The van der Waals surface area contributed by atoms with Crippen LogP contribution in [-0.2, 0) is 9.53 Å². The van der Waals surface area contributed by atoms with Crippen LogP contribution in [0.15, 0.2) is 24.3 Å². The zero-order valence-electron chi connectivity index (χ0n) is 11.5. The average Bonchev–Trinajstić information content (AvgIpc) is 2.66. The fourth-order valence-corrected chi connectivity index (χ4v) is 2.24. The summed E-state index contributed by atoms with van der Waals surface area (Å²) >= 11 is 0. The quantitative estimate of drug-likeness (QED) is 0.829. The summed E-state index contributed by atoms with van der Waals surface area (Å²) in [5.74, 6) is 0.146. The molecule has 4 heteroatoms. The van der Waals surface area contributed by atoms with E-state index in [2.05, 4.69) is 12.2 Å². The number of fused-ring (bicyclic) bond motifs is 1. The SMILES string of the molecule is CCCOCCC(=O)N1CCCNc2ccccc21. The molecular formula is C15H22N2O2. The van der Waals surface area contributed by atoms with Gasteiger partial charge in [0, 0.05) is 19.7 Å². The van der Waals surface area contributed by atoms with Crippen molar-refractivity contribution in [3.8, 4) is 0 Å². The summed E-state index contributed by atoms with van der Waals surface area (Å²) in [6.07, 6.45) is 2.41. The van der Waals surface area contributed by atoms with Crippen LogP contribution in [0, 0.1) is 0 Å². The maximum atomic E-state index is 12.3. The van der Waals surface area contributed by atoms with Crippen molar-refractivity contribution in [2.24, 2.45) is 0 Å². The van der Waals surface area contributed by atoms with Crippen LogP contribution in [0.3, 0.4) is 0 Å². The average molecular weight is 262 g/mol. The van der Waals surface area contributed by atoms with E-state index in [0.717, 1.165) is 43.9 Å². The van der Waals surface area contributed by atoms with Crippen molar-refractivity contribution < 1.29 is 9.53 Å². The van der Waals surface area contributed by atoms with Crippen molar-refractivity contribution in [2.45, 2.75) is 26.2 Å². The fraction of sp³-hybridized carbons (Fsp3) is 0.533. The van der Waals surface area contributed by atoms with E-state index in [1.807, 2.05) is 29.2 Å². The van der Waals surface area contributed by atoms with Crippen molar-refractivity contribution in [3.63, 3.8) is 0 Å². The Morgan fingerprint density at radius 2 is 2.21 bits per heavy atom. The molecule has 0 saturated heterocycles. The Bertz CT molecular complexity index is 420. The van der Waals surface area contributed by atoms with E-state index in [-0.39, 0.29) is 5.91 Å². The third-order valence-corrected chi connectivity index (χ3v) is 3.18. The highest BCUT2D eigenvalue weighted by molar-refractivity contribution is 5.97. The lowest BCUT2D eigenvalue weighted by Crippen LogP contribution is -2.32. The van der Waals surface area contributed by atoms with Crippen LogP contribution >= 0.6 is 0 Å². The molecule has 0 aromatic heterocycles. The summed E-state index contributed by atoms with van der Waals surface area (Å²) in [6, 6.07) is 7.98. The molecule has 0 fully saturated rings. The first kappa shape index (κ1) is 13.9. The van der Waals surface area contributed by atoms with Gasteiger partial charge in [0.2, 0.25) is 5.91 Å². The number of nitrogens with one attached hydrogen (secondary N) is 1. The smallest absolute Gasteiger partial charge is 0.229 e. The first-order chi connectivity index (χ1) is 9.33. The number of benzene rings is 1. The molecular weight excluding hydrogens is 240 g/mol.